The van der Waals surface area contributed by atoms with E-state index < -0.39 is 0 Å². The topological polar surface area (TPSA) is 45.1 Å². The second-order valence-corrected chi connectivity index (χ2v) is 5.70. The van der Waals surface area contributed by atoms with E-state index in [1.807, 2.05) is 62.0 Å². The average Bonchev–Trinajstić information content (AvgIpc) is 2.74. The lowest BCUT2D eigenvalue weighted by molar-refractivity contribution is 0.0858. The van der Waals surface area contributed by atoms with Crippen LogP contribution in [-0.4, -0.2) is 48.2 Å². The summed E-state index contributed by atoms with van der Waals surface area (Å²) in [5.41, 5.74) is 3.80. The maximum atomic E-state index is 12.7. The van der Waals surface area contributed by atoms with Crippen molar-refractivity contribution in [1.29, 1.82) is 0 Å². The molecular formula is C16H19N3O2. The Morgan fingerprint density at radius 1 is 1.10 bits per heavy atom. The second-order valence-electron chi connectivity index (χ2n) is 5.70. The fourth-order valence-electron chi connectivity index (χ4n) is 2.79. The number of fused-ring (bicyclic) bond motifs is 1. The van der Waals surface area contributed by atoms with E-state index in [-0.39, 0.29) is 11.9 Å². The summed E-state index contributed by atoms with van der Waals surface area (Å²) in [4.78, 5) is 22.2. The molecule has 5 heteroatoms. The first-order valence-corrected chi connectivity index (χ1v) is 7.05. The Labute approximate surface area is 124 Å². The number of carbonyl (C=O) groups is 1. The van der Waals surface area contributed by atoms with Crippen molar-refractivity contribution in [2.24, 2.45) is 5.16 Å². The van der Waals surface area contributed by atoms with Gasteiger partial charge in [0.2, 0.25) is 5.78 Å². The van der Waals surface area contributed by atoms with E-state index in [9.17, 15) is 4.79 Å². The molecule has 21 heavy (non-hydrogen) atoms. The van der Waals surface area contributed by atoms with Crippen LogP contribution in [0.1, 0.15) is 29.8 Å². The summed E-state index contributed by atoms with van der Waals surface area (Å²) >= 11 is 0. The van der Waals surface area contributed by atoms with Gasteiger partial charge in [0.15, 0.2) is 0 Å². The molecule has 0 radical (unpaired) electrons. The zero-order valence-electron chi connectivity index (χ0n) is 12.8. The number of allylic oxidation sites excluding steroid dienone is 2. The minimum Gasteiger partial charge on any atom is -0.393 e. The van der Waals surface area contributed by atoms with Crippen LogP contribution < -0.4 is 0 Å². The molecule has 1 aliphatic carbocycles. The van der Waals surface area contributed by atoms with Crippen LogP contribution in [0.3, 0.4) is 0 Å². The SMILES string of the molecule is CC(C)ON=C1C2=C(C(=O)c3ccccc31)N(C)CN2C. The first-order chi connectivity index (χ1) is 10.0. The van der Waals surface area contributed by atoms with Gasteiger partial charge in [-0.25, -0.2) is 0 Å². The third-order valence-electron chi connectivity index (χ3n) is 3.63. The largest absolute Gasteiger partial charge is 0.393 e. The van der Waals surface area contributed by atoms with Gasteiger partial charge in [0, 0.05) is 25.2 Å². The summed E-state index contributed by atoms with van der Waals surface area (Å²) in [6.07, 6.45) is -0.00391. The third kappa shape index (κ3) is 2.09. The molecule has 0 bridgehead atoms. The minimum absolute atomic E-state index is 0.00391. The fraction of sp³-hybridized carbons (Fsp3) is 0.375. The van der Waals surface area contributed by atoms with Gasteiger partial charge in [0.25, 0.3) is 0 Å². The molecule has 0 atom stereocenters. The van der Waals surface area contributed by atoms with Gasteiger partial charge >= 0.3 is 0 Å². The summed E-state index contributed by atoms with van der Waals surface area (Å²) in [7, 11) is 3.89. The van der Waals surface area contributed by atoms with Gasteiger partial charge in [-0.05, 0) is 13.8 Å². The molecule has 0 saturated carbocycles. The van der Waals surface area contributed by atoms with E-state index in [0.717, 1.165) is 17.0 Å². The fourth-order valence-corrected chi connectivity index (χ4v) is 2.79. The van der Waals surface area contributed by atoms with Gasteiger partial charge < -0.3 is 14.6 Å². The summed E-state index contributed by atoms with van der Waals surface area (Å²) in [6.45, 7) is 4.54. The molecule has 0 spiro atoms. The maximum Gasteiger partial charge on any atom is 0.211 e. The molecule has 1 aliphatic heterocycles. The van der Waals surface area contributed by atoms with Crippen LogP contribution in [0.4, 0.5) is 0 Å². The Bertz CT molecular complexity index is 661. The van der Waals surface area contributed by atoms with E-state index in [1.54, 1.807) is 0 Å². The zero-order valence-corrected chi connectivity index (χ0v) is 12.8. The standard InChI is InChI=1S/C16H19N3O2/c1-10(2)21-17-13-11-7-5-6-8-12(11)16(20)15-14(13)18(3)9-19(15)4/h5-8,10H,9H2,1-4H3. The number of hydrogen-bond acceptors (Lipinski definition) is 5. The monoisotopic (exact) mass is 285 g/mol. The Balaban J connectivity index is 2.20. The predicted octanol–water partition coefficient (Wildman–Crippen LogP) is 2.06. The van der Waals surface area contributed by atoms with Gasteiger partial charge in [-0.15, -0.1) is 0 Å². The van der Waals surface area contributed by atoms with Crippen LogP contribution in [0.15, 0.2) is 40.8 Å². The maximum absolute atomic E-state index is 12.7. The summed E-state index contributed by atoms with van der Waals surface area (Å²) in [6, 6.07) is 7.56. The number of benzene rings is 1. The van der Waals surface area contributed by atoms with Crippen LogP contribution in [0.25, 0.3) is 0 Å². The predicted molar refractivity (Wildman–Crippen MR) is 80.9 cm³/mol. The quantitative estimate of drug-likeness (QED) is 0.780. The summed E-state index contributed by atoms with van der Waals surface area (Å²) < 4.78 is 0. The number of rotatable bonds is 2. The second kappa shape index (κ2) is 4.91. The van der Waals surface area contributed by atoms with E-state index in [2.05, 4.69) is 5.16 Å². The van der Waals surface area contributed by atoms with E-state index in [4.69, 9.17) is 4.84 Å². The van der Waals surface area contributed by atoms with E-state index in [0.29, 0.717) is 17.9 Å². The van der Waals surface area contributed by atoms with Gasteiger partial charge in [-0.1, -0.05) is 29.4 Å². The first kappa shape index (κ1) is 13.7. The van der Waals surface area contributed by atoms with Crippen LogP contribution in [0, 0.1) is 0 Å². The Morgan fingerprint density at radius 2 is 1.71 bits per heavy atom. The third-order valence-corrected chi connectivity index (χ3v) is 3.63. The lowest BCUT2D eigenvalue weighted by Crippen LogP contribution is -2.27. The van der Waals surface area contributed by atoms with Crippen LogP contribution in [0.5, 0.6) is 0 Å². The number of carbonyl (C=O) groups excluding carboxylic acids is 1. The van der Waals surface area contributed by atoms with Crippen LogP contribution >= 0.6 is 0 Å². The Kier molecular flexibility index (Phi) is 3.20. The molecule has 2 aliphatic rings. The molecule has 3 rings (SSSR count). The van der Waals surface area contributed by atoms with E-state index >= 15 is 0 Å². The molecule has 1 aromatic carbocycles. The normalized spacial score (nSPS) is 19.5. The highest BCUT2D eigenvalue weighted by Gasteiger charge is 2.39. The molecule has 110 valence electrons. The van der Waals surface area contributed by atoms with Crippen molar-refractivity contribution in [3.8, 4) is 0 Å². The smallest absolute Gasteiger partial charge is 0.211 e. The summed E-state index contributed by atoms with van der Waals surface area (Å²) in [5.74, 6) is 0.0518. The molecule has 1 heterocycles. The van der Waals surface area contributed by atoms with Gasteiger partial charge in [0.05, 0.1) is 12.4 Å². The zero-order chi connectivity index (χ0) is 15.1. The molecule has 0 saturated heterocycles. The molecular weight excluding hydrogens is 266 g/mol. The van der Waals surface area contributed by atoms with E-state index in [1.165, 1.54) is 0 Å². The summed E-state index contributed by atoms with van der Waals surface area (Å²) in [5, 5.41) is 4.32. The van der Waals surface area contributed by atoms with Gasteiger partial charge in [-0.2, -0.15) is 0 Å². The number of nitrogens with zero attached hydrogens (tertiary/aromatic N) is 3. The molecule has 0 amide bonds. The number of Topliss-reactive ketones (excluding diaryl/α,β-unsaturated/α-hetero) is 1. The lowest BCUT2D eigenvalue weighted by Gasteiger charge is -2.22. The molecule has 1 aromatic rings. The van der Waals surface area contributed by atoms with Crippen molar-refractivity contribution >= 4 is 11.5 Å². The van der Waals surface area contributed by atoms with Crippen LogP contribution in [0.2, 0.25) is 0 Å². The van der Waals surface area contributed by atoms with Crippen LogP contribution in [-0.2, 0) is 4.84 Å². The average molecular weight is 285 g/mol. The highest BCUT2D eigenvalue weighted by atomic mass is 16.6. The molecule has 0 N–H and O–H groups in total. The highest BCUT2D eigenvalue weighted by Crippen LogP contribution is 2.33. The highest BCUT2D eigenvalue weighted by molar-refractivity contribution is 6.28. The number of likely N-dealkylation sites (N-methyl/N-ethyl adjacent to an activating group) is 2. The minimum atomic E-state index is -0.00391. The van der Waals surface area contributed by atoms with Crippen molar-refractivity contribution in [2.75, 3.05) is 20.8 Å². The van der Waals surface area contributed by atoms with Crippen molar-refractivity contribution in [1.82, 2.24) is 9.80 Å². The number of ketones is 1. The van der Waals surface area contributed by atoms with Crippen molar-refractivity contribution in [2.45, 2.75) is 20.0 Å². The number of oxime groups is 1. The van der Waals surface area contributed by atoms with Crippen molar-refractivity contribution in [3.05, 3.63) is 46.8 Å². The first-order valence-electron chi connectivity index (χ1n) is 7.05. The van der Waals surface area contributed by atoms with Crippen molar-refractivity contribution < 1.29 is 9.63 Å². The van der Waals surface area contributed by atoms with Gasteiger partial charge in [0.1, 0.15) is 17.5 Å². The van der Waals surface area contributed by atoms with Crippen molar-refractivity contribution in [3.63, 3.8) is 0 Å². The molecule has 5 nitrogen and oxygen atoms in total. The Morgan fingerprint density at radius 3 is 2.38 bits per heavy atom. The van der Waals surface area contributed by atoms with Gasteiger partial charge in [-0.3, -0.25) is 4.79 Å². The molecule has 0 fully saturated rings. The number of hydrogen-bond donors (Lipinski definition) is 0. The lowest BCUT2D eigenvalue weighted by atomic mass is 9.90. The Hall–Kier alpha value is -2.30. The molecule has 0 unspecified atom stereocenters. The molecule has 0 aromatic heterocycles.